The van der Waals surface area contributed by atoms with Crippen LogP contribution >= 0.6 is 0 Å². The minimum Gasteiger partial charge on any atom is -0.443 e. The predicted octanol–water partition coefficient (Wildman–Crippen LogP) is 0.320. The predicted molar refractivity (Wildman–Crippen MR) is 100 cm³/mol. The van der Waals surface area contributed by atoms with Crippen LogP contribution in [0.1, 0.15) is 12.5 Å². The highest BCUT2D eigenvalue weighted by atomic mass is 19.1. The van der Waals surface area contributed by atoms with Gasteiger partial charge in [0.1, 0.15) is 11.5 Å². The van der Waals surface area contributed by atoms with Gasteiger partial charge in [-0.05, 0) is 12.5 Å². The lowest BCUT2D eigenvalue weighted by atomic mass is 9.76. The SMILES string of the molecule is CC(C(=O)NN1CCN(c2cn[nH]n2)C(F)C1)(c1ccccc1)C1CNC(=O)O1. The zero-order chi connectivity index (χ0) is 20.4. The number of carbonyl (C=O) groups is 2. The molecule has 11 heteroatoms. The van der Waals surface area contributed by atoms with Crippen LogP contribution in [0.2, 0.25) is 0 Å². The first-order chi connectivity index (χ1) is 14.0. The Labute approximate surface area is 166 Å². The highest BCUT2D eigenvalue weighted by molar-refractivity contribution is 5.89. The molecule has 1 aromatic carbocycles. The van der Waals surface area contributed by atoms with Crippen molar-refractivity contribution in [2.75, 3.05) is 31.1 Å². The van der Waals surface area contributed by atoms with E-state index in [4.69, 9.17) is 4.74 Å². The Morgan fingerprint density at radius 3 is 2.76 bits per heavy atom. The summed E-state index contributed by atoms with van der Waals surface area (Å²) in [6, 6.07) is 9.11. The van der Waals surface area contributed by atoms with Crippen molar-refractivity contribution in [1.29, 1.82) is 0 Å². The summed E-state index contributed by atoms with van der Waals surface area (Å²) in [4.78, 5) is 26.4. The molecule has 0 radical (unpaired) electrons. The molecule has 0 bridgehead atoms. The third-order valence-corrected chi connectivity index (χ3v) is 5.45. The zero-order valence-electron chi connectivity index (χ0n) is 15.8. The maximum atomic E-state index is 14.7. The molecule has 0 saturated carbocycles. The number of halogens is 1. The number of H-pyrrole nitrogens is 1. The van der Waals surface area contributed by atoms with Crippen molar-refractivity contribution < 1.29 is 18.7 Å². The van der Waals surface area contributed by atoms with Crippen molar-refractivity contribution in [3.63, 3.8) is 0 Å². The van der Waals surface area contributed by atoms with Crippen molar-refractivity contribution in [2.45, 2.75) is 24.7 Å². The molecule has 4 rings (SSSR count). The number of hydrazine groups is 1. The van der Waals surface area contributed by atoms with Crippen molar-refractivity contribution in [3.8, 4) is 0 Å². The van der Waals surface area contributed by atoms with Crippen LogP contribution in [0, 0.1) is 0 Å². The molecule has 2 aromatic rings. The van der Waals surface area contributed by atoms with Gasteiger partial charge in [0.25, 0.3) is 0 Å². The maximum absolute atomic E-state index is 14.7. The monoisotopic (exact) mass is 403 g/mol. The fraction of sp³-hybridized carbons (Fsp3) is 0.444. The van der Waals surface area contributed by atoms with E-state index in [-0.39, 0.29) is 19.0 Å². The normalized spacial score (nSPS) is 24.5. The van der Waals surface area contributed by atoms with Crippen LogP contribution in [0.25, 0.3) is 0 Å². The number of rotatable bonds is 5. The molecule has 0 aliphatic carbocycles. The number of nitrogens with one attached hydrogen (secondary N) is 3. The van der Waals surface area contributed by atoms with E-state index in [9.17, 15) is 14.0 Å². The number of aromatic amines is 1. The molecular formula is C18H22FN7O3. The molecule has 10 nitrogen and oxygen atoms in total. The summed E-state index contributed by atoms with van der Waals surface area (Å²) in [5.41, 5.74) is 2.37. The Morgan fingerprint density at radius 1 is 1.34 bits per heavy atom. The fourth-order valence-electron chi connectivity index (χ4n) is 3.65. The number of hydrogen-bond donors (Lipinski definition) is 3. The van der Waals surface area contributed by atoms with Gasteiger partial charge in [0.2, 0.25) is 5.91 Å². The van der Waals surface area contributed by atoms with Crippen molar-refractivity contribution in [3.05, 3.63) is 42.1 Å². The van der Waals surface area contributed by atoms with Crippen LogP contribution in [0.4, 0.5) is 15.0 Å². The Bertz CT molecular complexity index is 866. The molecule has 2 aliphatic heterocycles. The second-order valence-electron chi connectivity index (χ2n) is 7.19. The van der Waals surface area contributed by atoms with E-state index in [0.717, 1.165) is 0 Å². The second kappa shape index (κ2) is 7.66. The molecule has 3 N–H and O–H groups in total. The van der Waals surface area contributed by atoms with Gasteiger partial charge in [-0.2, -0.15) is 10.3 Å². The largest absolute Gasteiger partial charge is 0.443 e. The molecule has 0 spiro atoms. The Hall–Kier alpha value is -3.21. The van der Waals surface area contributed by atoms with E-state index >= 15 is 0 Å². The number of carbonyl (C=O) groups excluding carboxylic acids is 2. The lowest BCUT2D eigenvalue weighted by Crippen LogP contribution is -2.61. The number of aromatic nitrogens is 3. The highest BCUT2D eigenvalue weighted by Crippen LogP contribution is 2.32. The number of nitrogens with zero attached hydrogens (tertiary/aromatic N) is 4. The Morgan fingerprint density at radius 2 is 2.14 bits per heavy atom. The second-order valence-corrected chi connectivity index (χ2v) is 7.19. The van der Waals surface area contributed by atoms with Gasteiger partial charge in [-0.3, -0.25) is 10.2 Å². The Kier molecular flexibility index (Phi) is 5.05. The van der Waals surface area contributed by atoms with Gasteiger partial charge >= 0.3 is 6.09 Å². The van der Waals surface area contributed by atoms with Gasteiger partial charge < -0.3 is 15.0 Å². The minimum atomic E-state index is -1.36. The molecule has 1 aromatic heterocycles. The van der Waals surface area contributed by atoms with E-state index in [0.29, 0.717) is 24.5 Å². The molecular weight excluding hydrogens is 381 g/mol. The van der Waals surface area contributed by atoms with Gasteiger partial charge in [-0.25, -0.2) is 14.2 Å². The lowest BCUT2D eigenvalue weighted by Gasteiger charge is -2.40. The number of hydrogen-bond acceptors (Lipinski definition) is 7. The first kappa shape index (κ1) is 19.1. The van der Waals surface area contributed by atoms with E-state index in [2.05, 4.69) is 26.2 Å². The summed E-state index contributed by atoms with van der Waals surface area (Å²) in [6.45, 7) is 2.62. The Balaban J connectivity index is 1.49. The van der Waals surface area contributed by atoms with Crippen LogP contribution in [0.5, 0.6) is 0 Å². The lowest BCUT2D eigenvalue weighted by molar-refractivity contribution is -0.135. The number of anilines is 1. The summed E-state index contributed by atoms with van der Waals surface area (Å²) < 4.78 is 20.0. The average molecular weight is 403 g/mol. The number of piperazine rings is 1. The van der Waals surface area contributed by atoms with Crippen LogP contribution in [0.3, 0.4) is 0 Å². The summed E-state index contributed by atoms with van der Waals surface area (Å²) in [6.07, 6.45) is -1.15. The number of benzene rings is 1. The molecule has 2 amide bonds. The molecule has 29 heavy (non-hydrogen) atoms. The van der Waals surface area contributed by atoms with Crippen LogP contribution in [0.15, 0.2) is 36.5 Å². The first-order valence-electron chi connectivity index (χ1n) is 9.31. The molecule has 3 unspecified atom stereocenters. The van der Waals surface area contributed by atoms with Gasteiger partial charge in [0.15, 0.2) is 12.1 Å². The van der Waals surface area contributed by atoms with E-state index < -0.39 is 23.9 Å². The third-order valence-electron chi connectivity index (χ3n) is 5.45. The fourth-order valence-corrected chi connectivity index (χ4v) is 3.65. The summed E-state index contributed by atoms with van der Waals surface area (Å²) in [5, 5.41) is 14.2. The van der Waals surface area contributed by atoms with Gasteiger partial charge in [0.05, 0.1) is 19.3 Å². The number of alkyl carbamates (subject to hydrolysis) is 1. The van der Waals surface area contributed by atoms with Crippen LogP contribution in [-0.2, 0) is 14.9 Å². The molecule has 2 aliphatic rings. The third kappa shape index (κ3) is 3.60. The summed E-state index contributed by atoms with van der Waals surface area (Å²) in [7, 11) is 0. The van der Waals surface area contributed by atoms with Gasteiger partial charge in [0, 0.05) is 13.1 Å². The van der Waals surface area contributed by atoms with Crippen LogP contribution < -0.4 is 15.6 Å². The molecule has 154 valence electrons. The van der Waals surface area contributed by atoms with E-state index in [1.807, 2.05) is 30.3 Å². The molecule has 3 heterocycles. The van der Waals surface area contributed by atoms with E-state index in [1.54, 1.807) is 6.92 Å². The molecule has 2 saturated heterocycles. The topological polar surface area (TPSA) is 115 Å². The van der Waals surface area contributed by atoms with Gasteiger partial charge in [-0.15, -0.1) is 5.10 Å². The number of alkyl halides is 1. The summed E-state index contributed by atoms with van der Waals surface area (Å²) >= 11 is 0. The van der Waals surface area contributed by atoms with Crippen LogP contribution in [-0.4, -0.2) is 71.0 Å². The average Bonchev–Trinajstić information content (AvgIpc) is 3.40. The highest BCUT2D eigenvalue weighted by Gasteiger charge is 2.48. The minimum absolute atomic E-state index is 0.0355. The number of amides is 2. The maximum Gasteiger partial charge on any atom is 0.407 e. The van der Waals surface area contributed by atoms with Crippen molar-refractivity contribution in [2.24, 2.45) is 0 Å². The van der Waals surface area contributed by atoms with E-state index in [1.165, 1.54) is 16.1 Å². The standard InChI is InChI=1S/C18H22FN7O3/c1-18(12-5-3-2-4-6-12,13-9-20-17(28)29-13)16(27)23-25-7-8-26(14(19)11-25)15-10-21-24-22-15/h2-6,10,13-14H,7-9,11H2,1H3,(H,20,28)(H,23,27)(H,21,22,24). The molecule has 3 atom stereocenters. The molecule has 2 fully saturated rings. The van der Waals surface area contributed by atoms with Crippen molar-refractivity contribution >= 4 is 17.8 Å². The summed E-state index contributed by atoms with van der Waals surface area (Å²) in [5.74, 6) is 0.0498. The number of ether oxygens (including phenoxy) is 1. The number of cyclic esters (lactones) is 1. The quantitative estimate of drug-likeness (QED) is 0.616. The smallest absolute Gasteiger partial charge is 0.407 e. The zero-order valence-corrected chi connectivity index (χ0v) is 15.8. The van der Waals surface area contributed by atoms with Gasteiger partial charge in [-0.1, -0.05) is 30.3 Å². The van der Waals surface area contributed by atoms with Crippen molar-refractivity contribution in [1.82, 2.24) is 31.2 Å². The first-order valence-corrected chi connectivity index (χ1v) is 9.31.